The summed E-state index contributed by atoms with van der Waals surface area (Å²) in [4.78, 5) is 74.1. The van der Waals surface area contributed by atoms with E-state index in [0.717, 1.165) is 53.9 Å². The number of hydrogen-bond donors (Lipinski definition) is 6. The lowest BCUT2D eigenvalue weighted by atomic mass is 9.96. The number of quaternary nitrogens is 1. The second-order valence-corrected chi connectivity index (χ2v) is 29.9. The molecule has 0 saturated carbocycles. The number of halogens is 2. The highest BCUT2D eigenvalue weighted by molar-refractivity contribution is 7.22. The molecule has 0 unspecified atom stereocenters. The third-order valence-electron chi connectivity index (χ3n) is 19.5. The van der Waals surface area contributed by atoms with E-state index in [1.54, 1.807) is 62.9 Å². The SMILES string of the molecule is COCCOCCOCCOCCOCCOCCOCCOCCOCCCc1cc(NC(=O)[C@H](CCCNC(N)=O)NC(=O)[C@@H](N)C(C)C)ccc1C[N+]1(C)CCN(CCOc2ccc(-c3c(-c4ccc(F)cc4)sc4ncnc(O[C@H](Cc5ccccc5OCc5ccnc(-c6ccccc6OC)n5)C(=O)O)c34)c(C)c2Cl)CC1. The van der Waals surface area contributed by atoms with Crippen LogP contribution in [-0.4, -0.2) is 256 Å². The Labute approximate surface area is 692 Å². The molecule has 0 aliphatic carbocycles. The minimum atomic E-state index is -1.45. The number of ether oxygens (including phenoxy) is 13. The van der Waals surface area contributed by atoms with Crippen molar-refractivity contribution in [1.29, 1.82) is 0 Å². The van der Waals surface area contributed by atoms with E-state index in [-0.39, 0.29) is 37.8 Å². The first-order chi connectivity index (χ1) is 56.8. The molecule has 1 aliphatic heterocycles. The number of fused-ring (bicyclic) bond motifs is 1. The highest BCUT2D eigenvalue weighted by atomic mass is 35.5. The number of likely N-dealkylation sites (N-methyl/N-ethyl adjacent to an activating group) is 1. The minimum absolute atomic E-state index is 0.0271. The van der Waals surface area contributed by atoms with Crippen LogP contribution in [0.25, 0.3) is 43.2 Å². The second kappa shape index (κ2) is 49.3. The average Bonchev–Trinajstić information content (AvgIpc) is 1.60. The van der Waals surface area contributed by atoms with Gasteiger partial charge in [0.15, 0.2) is 5.82 Å². The fraction of sp³-hybridized carbons (Fsp3) is 0.482. The van der Waals surface area contributed by atoms with Crippen LogP contribution in [0, 0.1) is 18.7 Å². The van der Waals surface area contributed by atoms with Crippen molar-refractivity contribution in [3.8, 4) is 56.1 Å². The maximum Gasteiger partial charge on any atom is 0.345 e. The number of carbonyl (C=O) groups is 4. The zero-order valence-corrected chi connectivity index (χ0v) is 69.2. The lowest BCUT2D eigenvalue weighted by Gasteiger charge is -2.42. The van der Waals surface area contributed by atoms with Crippen LogP contribution in [0.15, 0.2) is 122 Å². The van der Waals surface area contributed by atoms with Crippen molar-refractivity contribution in [2.45, 2.75) is 84.2 Å². The molecule has 0 bridgehead atoms. The standard InChI is InChI=1S/C85H111ClFN11O18S/c1-58(2)77(88)81(100)96-69(16-11-28-91-85(89)103)80(99)95-65-24-21-63(61(53-65)14-12-35-106-39-40-108-43-44-110-47-48-112-51-52-113-50-49-111-46-45-109-42-41-107-38-37-104-5)55-98(4)33-30-97(31-34-98)32-36-114-72-26-25-67(59(3)76(72)86)74-75-82(92-57-93-83(75)117-78(74)60-19-22-64(87)23-20-60)116-73(84(101)102)54-62-13-7-9-17-70(62)115-56-66-27-29-90-79(94-66)68-15-8-10-18-71(68)105-6/h7-10,13,15,17-27,29,53,57-58,69,73,77H,11-12,14,16,28,30-52,54-56,88H2,1-6H3,(H5-,89,91,95,96,99,100,101,102,103)/p+1/t69-,73+,77-/m0/s1. The maximum absolute atomic E-state index is 14.6. The normalized spacial score (nSPS) is 13.6. The number of benzene rings is 5. The number of hydrogen-bond acceptors (Lipinski definition) is 24. The summed E-state index contributed by atoms with van der Waals surface area (Å²) >= 11 is 8.66. The molecule has 8 aromatic rings. The monoisotopic (exact) mass is 1660 g/mol. The van der Waals surface area contributed by atoms with Gasteiger partial charge in [-0.15, -0.1) is 11.3 Å². The first-order valence-electron chi connectivity index (χ1n) is 39.5. The fourth-order valence-corrected chi connectivity index (χ4v) is 14.3. The van der Waals surface area contributed by atoms with Gasteiger partial charge in [0.05, 0.1) is 161 Å². The Morgan fingerprint density at radius 3 is 1.92 bits per heavy atom. The summed E-state index contributed by atoms with van der Waals surface area (Å²) in [5, 5.41) is 20.1. The van der Waals surface area contributed by atoms with Crippen LogP contribution in [0.3, 0.4) is 0 Å². The van der Waals surface area contributed by atoms with E-state index in [0.29, 0.717) is 227 Å². The lowest BCUT2D eigenvalue weighted by Crippen LogP contribution is -2.57. The summed E-state index contributed by atoms with van der Waals surface area (Å²) in [5.41, 5.74) is 18.8. The number of nitrogens with one attached hydrogen (secondary N) is 3. The van der Waals surface area contributed by atoms with Crippen LogP contribution in [-0.2, 0) is 83.0 Å². The van der Waals surface area contributed by atoms with Crippen molar-refractivity contribution in [2.24, 2.45) is 17.4 Å². The zero-order valence-electron chi connectivity index (χ0n) is 67.7. The first kappa shape index (κ1) is 91.7. The number of para-hydroxylation sites is 2. The van der Waals surface area contributed by atoms with E-state index >= 15 is 0 Å². The number of nitrogens with two attached hydrogens (primary N) is 2. The molecule has 0 radical (unpaired) electrons. The molecule has 4 heterocycles. The van der Waals surface area contributed by atoms with Crippen LogP contribution in [0.1, 0.15) is 61.1 Å². The van der Waals surface area contributed by atoms with Crippen molar-refractivity contribution in [2.75, 3.05) is 185 Å². The molecule has 117 heavy (non-hydrogen) atoms. The number of carbonyl (C=O) groups excluding carboxylic acids is 3. The van der Waals surface area contributed by atoms with E-state index in [1.165, 1.54) is 29.8 Å². The van der Waals surface area contributed by atoms with Gasteiger partial charge in [0.1, 0.15) is 60.0 Å². The van der Waals surface area contributed by atoms with Crippen molar-refractivity contribution in [3.63, 3.8) is 0 Å². The molecule has 5 aromatic carbocycles. The Morgan fingerprint density at radius 2 is 1.30 bits per heavy atom. The molecule has 1 aliphatic rings. The summed E-state index contributed by atoms with van der Waals surface area (Å²) in [7, 11) is 5.48. The van der Waals surface area contributed by atoms with E-state index < -0.39 is 47.8 Å². The quantitative estimate of drug-likeness (QED) is 0.0152. The molecule has 1 saturated heterocycles. The van der Waals surface area contributed by atoms with Gasteiger partial charge in [-0.05, 0) is 121 Å². The predicted molar refractivity (Wildman–Crippen MR) is 443 cm³/mol. The smallest absolute Gasteiger partial charge is 0.345 e. The highest BCUT2D eigenvalue weighted by Crippen LogP contribution is 2.50. The summed E-state index contributed by atoms with van der Waals surface area (Å²) in [6.45, 7) is 18.6. The van der Waals surface area contributed by atoms with Crippen molar-refractivity contribution in [1.82, 2.24) is 35.5 Å². The number of nitrogens with zero attached hydrogens (tertiary/aromatic N) is 6. The molecule has 1 fully saturated rings. The molecule has 9 rings (SSSR count). The topological polar surface area (TPSA) is 351 Å². The van der Waals surface area contributed by atoms with Crippen LogP contribution in [0.2, 0.25) is 5.02 Å². The molecule has 32 heteroatoms. The number of piperazine rings is 1. The predicted octanol–water partition coefficient (Wildman–Crippen LogP) is 10.2. The number of aromatic nitrogens is 4. The minimum Gasteiger partial charge on any atom is -0.496 e. The second-order valence-electron chi connectivity index (χ2n) is 28.5. The van der Waals surface area contributed by atoms with Gasteiger partial charge in [0.25, 0.3) is 0 Å². The molecule has 29 nitrogen and oxygen atoms in total. The van der Waals surface area contributed by atoms with Gasteiger partial charge in [0.2, 0.25) is 23.8 Å². The number of urea groups is 1. The zero-order chi connectivity index (χ0) is 83.2. The number of carboxylic acid groups (broad SMARTS) is 1. The molecule has 4 amide bonds. The fourth-order valence-electron chi connectivity index (χ4n) is 12.9. The van der Waals surface area contributed by atoms with E-state index in [9.17, 15) is 28.7 Å². The van der Waals surface area contributed by atoms with Gasteiger partial charge < -0.3 is 98.6 Å². The molecule has 3 aromatic heterocycles. The van der Waals surface area contributed by atoms with Crippen LogP contribution in [0.4, 0.5) is 14.9 Å². The van der Waals surface area contributed by atoms with E-state index in [4.69, 9.17) is 89.6 Å². The number of amides is 4. The largest absolute Gasteiger partial charge is 0.496 e. The van der Waals surface area contributed by atoms with Gasteiger partial charge in [-0.1, -0.05) is 80.0 Å². The van der Waals surface area contributed by atoms with E-state index in [2.05, 4.69) is 48.9 Å². The number of carboxylic acids is 1. The van der Waals surface area contributed by atoms with Gasteiger partial charge in [-0.3, -0.25) is 14.5 Å². The Balaban J connectivity index is 0.785. The molecule has 3 atom stereocenters. The summed E-state index contributed by atoms with van der Waals surface area (Å²) in [6, 6.07) is 29.7. The Bertz CT molecular complexity index is 4390. The maximum atomic E-state index is 14.6. The number of aryl methyl sites for hydroxylation is 1. The van der Waals surface area contributed by atoms with Crippen LogP contribution < -0.4 is 46.4 Å². The lowest BCUT2D eigenvalue weighted by molar-refractivity contribution is -0.926. The summed E-state index contributed by atoms with van der Waals surface area (Å²) < 4.78 is 90.2. The number of anilines is 1. The van der Waals surface area contributed by atoms with Crippen LogP contribution >= 0.6 is 22.9 Å². The van der Waals surface area contributed by atoms with Crippen molar-refractivity contribution >= 4 is 62.7 Å². The highest BCUT2D eigenvalue weighted by Gasteiger charge is 2.33. The van der Waals surface area contributed by atoms with E-state index in [1.807, 2.05) is 69.3 Å². The molecule has 634 valence electrons. The number of thiophene rings is 1. The molecular weight excluding hydrogens is 1550 g/mol. The molecule has 0 spiro atoms. The average molecular weight is 1660 g/mol. The number of methoxy groups -OCH3 is 2. The first-order valence-corrected chi connectivity index (χ1v) is 40.7. The third-order valence-corrected chi connectivity index (χ3v) is 21.1. The van der Waals surface area contributed by atoms with Crippen molar-refractivity contribution in [3.05, 3.63) is 161 Å². The summed E-state index contributed by atoms with van der Waals surface area (Å²) in [5.74, 6) is -0.677. The third kappa shape index (κ3) is 29.7. The van der Waals surface area contributed by atoms with Crippen LogP contribution in [0.5, 0.6) is 23.1 Å². The van der Waals surface area contributed by atoms with Gasteiger partial charge >= 0.3 is 12.0 Å². The molecule has 8 N–H and O–H groups in total. The number of rotatable bonds is 55. The van der Waals surface area contributed by atoms with Gasteiger partial charge in [0, 0.05) is 74.2 Å². The Morgan fingerprint density at radius 1 is 0.675 bits per heavy atom. The number of primary amides is 1. The Kier molecular flexibility index (Phi) is 38.6. The van der Waals surface area contributed by atoms with Crippen molar-refractivity contribution < 1.29 is 94.7 Å². The van der Waals surface area contributed by atoms with Gasteiger partial charge in [-0.25, -0.2) is 33.9 Å². The Hall–Kier alpha value is -9.16. The summed E-state index contributed by atoms with van der Waals surface area (Å²) in [6.07, 6.45) is 3.36. The number of aliphatic carboxylic acids is 1. The van der Waals surface area contributed by atoms with Gasteiger partial charge in [-0.2, -0.15) is 0 Å². The molecular formula is C85H112ClFN11O18S+.